The van der Waals surface area contributed by atoms with E-state index in [0.29, 0.717) is 25.2 Å². The molecule has 22 heavy (non-hydrogen) atoms. The van der Waals surface area contributed by atoms with Gasteiger partial charge in [-0.2, -0.15) is 0 Å². The lowest BCUT2D eigenvalue weighted by Crippen LogP contribution is -2.33. The van der Waals surface area contributed by atoms with Crippen molar-refractivity contribution in [2.24, 2.45) is 5.73 Å². The number of carbonyl (C=O) groups excluding carboxylic acids is 1. The summed E-state index contributed by atoms with van der Waals surface area (Å²) >= 11 is 0. The Morgan fingerprint density at radius 2 is 1.73 bits per heavy atom. The summed E-state index contributed by atoms with van der Waals surface area (Å²) in [5.74, 6) is 0.343. The quantitative estimate of drug-likeness (QED) is 0.848. The fourth-order valence-corrected chi connectivity index (χ4v) is 3.01. The van der Waals surface area contributed by atoms with E-state index in [-0.39, 0.29) is 17.9 Å². The molecule has 1 saturated heterocycles. The van der Waals surface area contributed by atoms with E-state index < -0.39 is 0 Å². The Hall–Kier alpha value is -2.33. The van der Waals surface area contributed by atoms with E-state index in [9.17, 15) is 4.79 Å². The van der Waals surface area contributed by atoms with Crippen LogP contribution in [-0.4, -0.2) is 29.9 Å². The zero-order chi connectivity index (χ0) is 15.5. The van der Waals surface area contributed by atoms with Crippen molar-refractivity contribution in [1.29, 1.82) is 0 Å². The van der Waals surface area contributed by atoms with Crippen LogP contribution in [0.5, 0.6) is 0 Å². The highest BCUT2D eigenvalue weighted by molar-refractivity contribution is 5.79. The standard InChI is InChI=1S/C18H21N3O/c19-15-8-6-13(7-9-15)10-18(22)21-11-16(17(20)12-21)14-4-2-1-3-5-14/h1-9,16-17H,10-12,19-20H2/t16-,17+/m0/s1. The van der Waals surface area contributed by atoms with E-state index in [2.05, 4.69) is 12.1 Å². The summed E-state index contributed by atoms with van der Waals surface area (Å²) in [7, 11) is 0. The van der Waals surface area contributed by atoms with Crippen molar-refractivity contribution >= 4 is 11.6 Å². The monoisotopic (exact) mass is 295 g/mol. The Morgan fingerprint density at radius 1 is 1.05 bits per heavy atom. The number of hydrogen-bond acceptors (Lipinski definition) is 3. The van der Waals surface area contributed by atoms with Crippen molar-refractivity contribution in [3.63, 3.8) is 0 Å². The van der Waals surface area contributed by atoms with Gasteiger partial charge in [0.15, 0.2) is 0 Å². The molecule has 4 nitrogen and oxygen atoms in total. The topological polar surface area (TPSA) is 72.4 Å². The second-order valence-corrected chi connectivity index (χ2v) is 5.90. The molecule has 0 bridgehead atoms. The molecular weight excluding hydrogens is 274 g/mol. The lowest BCUT2D eigenvalue weighted by molar-refractivity contribution is -0.129. The smallest absolute Gasteiger partial charge is 0.227 e. The van der Waals surface area contributed by atoms with Gasteiger partial charge in [-0.3, -0.25) is 4.79 Å². The summed E-state index contributed by atoms with van der Waals surface area (Å²) in [6.45, 7) is 1.31. The van der Waals surface area contributed by atoms with E-state index >= 15 is 0 Å². The van der Waals surface area contributed by atoms with Crippen molar-refractivity contribution < 1.29 is 4.79 Å². The van der Waals surface area contributed by atoms with E-state index in [0.717, 1.165) is 5.56 Å². The number of likely N-dealkylation sites (tertiary alicyclic amines) is 1. The van der Waals surface area contributed by atoms with Gasteiger partial charge in [-0.1, -0.05) is 42.5 Å². The Kier molecular flexibility index (Phi) is 4.11. The molecule has 4 N–H and O–H groups in total. The third kappa shape index (κ3) is 3.12. The fourth-order valence-electron chi connectivity index (χ4n) is 3.01. The van der Waals surface area contributed by atoms with Gasteiger partial charge in [0.1, 0.15) is 0 Å². The number of hydrogen-bond donors (Lipinski definition) is 2. The van der Waals surface area contributed by atoms with E-state index in [4.69, 9.17) is 11.5 Å². The molecule has 0 aromatic heterocycles. The number of amides is 1. The Bertz CT molecular complexity index is 639. The van der Waals surface area contributed by atoms with Crippen LogP contribution in [-0.2, 0) is 11.2 Å². The predicted octanol–water partition coefficient (Wildman–Crippen LogP) is 1.76. The molecule has 1 fully saturated rings. The molecular formula is C18H21N3O. The molecule has 2 aromatic carbocycles. The zero-order valence-electron chi connectivity index (χ0n) is 12.5. The zero-order valence-corrected chi connectivity index (χ0v) is 12.5. The van der Waals surface area contributed by atoms with Crippen molar-refractivity contribution in [2.45, 2.75) is 18.4 Å². The maximum atomic E-state index is 12.5. The molecule has 1 heterocycles. The van der Waals surface area contributed by atoms with Gasteiger partial charge in [0.25, 0.3) is 0 Å². The first kappa shape index (κ1) is 14.6. The second kappa shape index (κ2) is 6.20. The largest absolute Gasteiger partial charge is 0.399 e. The maximum Gasteiger partial charge on any atom is 0.227 e. The van der Waals surface area contributed by atoms with Gasteiger partial charge in [-0.15, -0.1) is 0 Å². The molecule has 1 amide bonds. The van der Waals surface area contributed by atoms with Crippen LogP contribution < -0.4 is 11.5 Å². The summed E-state index contributed by atoms with van der Waals surface area (Å²) in [5.41, 5.74) is 14.8. The summed E-state index contributed by atoms with van der Waals surface area (Å²) in [5, 5.41) is 0. The lowest BCUT2D eigenvalue weighted by atomic mass is 9.95. The average Bonchev–Trinajstić information content (AvgIpc) is 2.92. The van der Waals surface area contributed by atoms with Gasteiger partial charge in [0.2, 0.25) is 5.91 Å². The normalized spacial score (nSPS) is 21.0. The highest BCUT2D eigenvalue weighted by atomic mass is 16.2. The lowest BCUT2D eigenvalue weighted by Gasteiger charge is -2.16. The number of nitrogen functional groups attached to an aromatic ring is 1. The van der Waals surface area contributed by atoms with Crippen molar-refractivity contribution in [1.82, 2.24) is 4.90 Å². The molecule has 4 heteroatoms. The fraction of sp³-hybridized carbons (Fsp3) is 0.278. The van der Waals surface area contributed by atoms with Gasteiger partial charge in [0.05, 0.1) is 6.42 Å². The summed E-state index contributed by atoms with van der Waals surface area (Å²) < 4.78 is 0. The first-order valence-electron chi connectivity index (χ1n) is 7.56. The Balaban J connectivity index is 1.66. The molecule has 1 aliphatic rings. The van der Waals surface area contributed by atoms with Crippen molar-refractivity contribution in [3.05, 3.63) is 65.7 Å². The van der Waals surface area contributed by atoms with Crippen LogP contribution in [0.1, 0.15) is 17.0 Å². The minimum atomic E-state index is -0.00207. The molecule has 114 valence electrons. The third-order valence-corrected chi connectivity index (χ3v) is 4.28. The Morgan fingerprint density at radius 3 is 2.41 bits per heavy atom. The number of nitrogens with two attached hydrogens (primary N) is 2. The van der Waals surface area contributed by atoms with Gasteiger partial charge in [0, 0.05) is 30.7 Å². The van der Waals surface area contributed by atoms with Crippen molar-refractivity contribution in [2.75, 3.05) is 18.8 Å². The minimum Gasteiger partial charge on any atom is -0.399 e. The average molecular weight is 295 g/mol. The van der Waals surface area contributed by atoms with Gasteiger partial charge >= 0.3 is 0 Å². The van der Waals surface area contributed by atoms with Gasteiger partial charge in [-0.05, 0) is 23.3 Å². The third-order valence-electron chi connectivity index (χ3n) is 4.28. The number of anilines is 1. The molecule has 0 unspecified atom stereocenters. The first-order chi connectivity index (χ1) is 10.6. The molecule has 0 aliphatic carbocycles. The number of nitrogens with zero attached hydrogens (tertiary/aromatic N) is 1. The van der Waals surface area contributed by atoms with Crippen LogP contribution >= 0.6 is 0 Å². The first-order valence-corrected chi connectivity index (χ1v) is 7.56. The van der Waals surface area contributed by atoms with Gasteiger partial charge in [-0.25, -0.2) is 0 Å². The van der Waals surface area contributed by atoms with Crippen molar-refractivity contribution in [3.8, 4) is 0 Å². The number of rotatable bonds is 3. The predicted molar refractivity (Wildman–Crippen MR) is 88.3 cm³/mol. The highest BCUT2D eigenvalue weighted by Gasteiger charge is 2.33. The molecule has 0 spiro atoms. The molecule has 3 rings (SSSR count). The SMILES string of the molecule is Nc1ccc(CC(=O)N2C[C@@H](N)[C@H](c3ccccc3)C2)cc1. The summed E-state index contributed by atoms with van der Waals surface area (Å²) in [6, 6.07) is 17.6. The van der Waals surface area contributed by atoms with E-state index in [1.54, 1.807) is 0 Å². The van der Waals surface area contributed by atoms with Crippen LogP contribution in [0.25, 0.3) is 0 Å². The molecule has 0 saturated carbocycles. The minimum absolute atomic E-state index is 0.00207. The molecule has 2 atom stereocenters. The van der Waals surface area contributed by atoms with Crippen LogP contribution in [0.4, 0.5) is 5.69 Å². The Labute approximate surface area is 130 Å². The number of benzene rings is 2. The summed E-state index contributed by atoms with van der Waals surface area (Å²) in [4.78, 5) is 14.3. The molecule has 0 radical (unpaired) electrons. The summed E-state index contributed by atoms with van der Waals surface area (Å²) in [6.07, 6.45) is 0.397. The highest BCUT2D eigenvalue weighted by Crippen LogP contribution is 2.26. The molecule has 1 aliphatic heterocycles. The van der Waals surface area contributed by atoms with Crippen LogP contribution in [0.15, 0.2) is 54.6 Å². The van der Waals surface area contributed by atoms with E-state index in [1.807, 2.05) is 47.4 Å². The van der Waals surface area contributed by atoms with E-state index in [1.165, 1.54) is 5.56 Å². The van der Waals surface area contributed by atoms with Crippen LogP contribution in [0.2, 0.25) is 0 Å². The maximum absolute atomic E-state index is 12.5. The van der Waals surface area contributed by atoms with Gasteiger partial charge < -0.3 is 16.4 Å². The van der Waals surface area contributed by atoms with Crippen LogP contribution in [0.3, 0.4) is 0 Å². The molecule has 2 aromatic rings. The van der Waals surface area contributed by atoms with Crippen LogP contribution in [0, 0.1) is 0 Å². The second-order valence-electron chi connectivity index (χ2n) is 5.90. The number of carbonyl (C=O) groups is 1.